The second-order valence-electron chi connectivity index (χ2n) is 3.45. The first-order chi connectivity index (χ1) is 6.65. The summed E-state index contributed by atoms with van der Waals surface area (Å²) in [4.78, 5) is 4.29. The molecule has 2 rings (SSSR count). The first kappa shape index (κ1) is 8.96. The molecule has 5 nitrogen and oxygen atoms in total. The second-order valence-corrected chi connectivity index (χ2v) is 3.45. The Bertz CT molecular complexity index is 445. The van der Waals surface area contributed by atoms with Gasteiger partial charge in [-0.05, 0) is 18.6 Å². The lowest BCUT2D eigenvalue weighted by Gasteiger charge is -2.07. The summed E-state index contributed by atoms with van der Waals surface area (Å²) in [5, 5.41) is 6.07. The van der Waals surface area contributed by atoms with Crippen molar-refractivity contribution in [3.05, 3.63) is 23.9 Å². The minimum Gasteiger partial charge on any atom is -0.286 e. The van der Waals surface area contributed by atoms with Gasteiger partial charge in [0.2, 0.25) is 0 Å². The van der Waals surface area contributed by atoms with Crippen molar-refractivity contribution in [3.8, 4) is 0 Å². The molecule has 0 aliphatic heterocycles. The van der Waals surface area contributed by atoms with E-state index in [4.69, 9.17) is 0 Å². The van der Waals surface area contributed by atoms with Crippen LogP contribution in [0.15, 0.2) is 18.3 Å². The molecule has 0 saturated heterocycles. The van der Waals surface area contributed by atoms with Gasteiger partial charge in [-0.1, -0.05) is 6.07 Å². The van der Waals surface area contributed by atoms with Gasteiger partial charge in [0.05, 0.1) is 0 Å². The molecule has 2 aromatic heterocycles. The Morgan fingerprint density at radius 2 is 2.14 bits per heavy atom. The average Bonchev–Trinajstić information content (AvgIpc) is 2.44. The summed E-state index contributed by atoms with van der Waals surface area (Å²) in [6, 6.07) is 3.96. The van der Waals surface area contributed by atoms with Crippen molar-refractivity contribution in [2.45, 2.75) is 6.92 Å². The largest absolute Gasteiger partial charge is 0.286 e. The standard InChI is InChI=1S/C9H13N5/c1-7-4-5-8-10-9(11-13(2)3)12-14(8)6-7/h4-6H,1-3H3,(H,11,12). The van der Waals surface area contributed by atoms with Crippen molar-refractivity contribution < 1.29 is 0 Å². The highest BCUT2D eigenvalue weighted by atomic mass is 15.5. The van der Waals surface area contributed by atoms with E-state index in [1.807, 2.05) is 44.4 Å². The van der Waals surface area contributed by atoms with Crippen molar-refractivity contribution in [1.82, 2.24) is 19.6 Å². The number of fused-ring (bicyclic) bond motifs is 1. The molecule has 0 fully saturated rings. The van der Waals surface area contributed by atoms with Gasteiger partial charge >= 0.3 is 0 Å². The zero-order chi connectivity index (χ0) is 10.1. The van der Waals surface area contributed by atoms with Crippen LogP contribution in [0.2, 0.25) is 0 Å². The summed E-state index contributed by atoms with van der Waals surface area (Å²) in [6.45, 7) is 2.03. The number of aromatic nitrogens is 3. The number of hydrazine groups is 1. The first-order valence-electron chi connectivity index (χ1n) is 4.42. The molecule has 0 atom stereocenters. The molecule has 14 heavy (non-hydrogen) atoms. The molecular formula is C9H13N5. The summed E-state index contributed by atoms with van der Waals surface area (Å²) in [5.41, 5.74) is 5.02. The molecule has 2 aromatic rings. The van der Waals surface area contributed by atoms with Crippen LogP contribution in [-0.2, 0) is 0 Å². The zero-order valence-electron chi connectivity index (χ0n) is 8.52. The lowest BCUT2D eigenvalue weighted by Crippen LogP contribution is -2.20. The number of anilines is 1. The van der Waals surface area contributed by atoms with E-state index >= 15 is 0 Å². The Balaban J connectivity index is 2.41. The minimum absolute atomic E-state index is 0.612. The normalized spacial score (nSPS) is 11.1. The summed E-state index contributed by atoms with van der Waals surface area (Å²) in [6.07, 6.45) is 1.95. The Hall–Kier alpha value is -1.62. The summed E-state index contributed by atoms with van der Waals surface area (Å²) in [5.74, 6) is 0.612. The summed E-state index contributed by atoms with van der Waals surface area (Å²) < 4.78 is 1.77. The molecule has 0 bridgehead atoms. The Labute approximate surface area is 82.3 Å². The van der Waals surface area contributed by atoms with E-state index in [0.717, 1.165) is 5.65 Å². The van der Waals surface area contributed by atoms with E-state index in [9.17, 15) is 0 Å². The van der Waals surface area contributed by atoms with Crippen LogP contribution >= 0.6 is 0 Å². The average molecular weight is 191 g/mol. The number of nitrogens with one attached hydrogen (secondary N) is 1. The Kier molecular flexibility index (Phi) is 2.09. The number of nitrogens with zero attached hydrogens (tertiary/aromatic N) is 4. The van der Waals surface area contributed by atoms with Gasteiger partial charge in [0.15, 0.2) is 5.65 Å². The van der Waals surface area contributed by atoms with Crippen LogP contribution in [0.25, 0.3) is 5.65 Å². The number of hydrogen-bond donors (Lipinski definition) is 1. The SMILES string of the molecule is Cc1ccc2nc(NN(C)C)nn2c1. The molecule has 0 spiro atoms. The van der Waals surface area contributed by atoms with Crippen LogP contribution in [0.4, 0.5) is 5.95 Å². The van der Waals surface area contributed by atoms with E-state index in [1.54, 1.807) is 4.52 Å². The van der Waals surface area contributed by atoms with Crippen LogP contribution in [0.1, 0.15) is 5.56 Å². The molecule has 0 aliphatic carbocycles. The molecule has 0 aromatic carbocycles. The maximum absolute atomic E-state index is 4.29. The molecule has 0 unspecified atom stereocenters. The van der Waals surface area contributed by atoms with Gasteiger partial charge < -0.3 is 0 Å². The molecular weight excluding hydrogens is 178 g/mol. The highest BCUT2D eigenvalue weighted by Crippen LogP contribution is 2.06. The molecule has 74 valence electrons. The van der Waals surface area contributed by atoms with Gasteiger partial charge in [0.1, 0.15) is 0 Å². The van der Waals surface area contributed by atoms with Crippen LogP contribution in [0.5, 0.6) is 0 Å². The number of pyridine rings is 1. The van der Waals surface area contributed by atoms with E-state index < -0.39 is 0 Å². The quantitative estimate of drug-likeness (QED) is 0.717. The van der Waals surface area contributed by atoms with Gasteiger partial charge in [-0.3, -0.25) is 5.43 Å². The van der Waals surface area contributed by atoms with Crippen molar-refractivity contribution in [2.24, 2.45) is 0 Å². The molecule has 0 aliphatic rings. The Morgan fingerprint density at radius 1 is 1.36 bits per heavy atom. The van der Waals surface area contributed by atoms with Crippen LogP contribution in [0.3, 0.4) is 0 Å². The van der Waals surface area contributed by atoms with E-state index in [1.165, 1.54) is 5.56 Å². The maximum atomic E-state index is 4.29. The monoisotopic (exact) mass is 191 g/mol. The lowest BCUT2D eigenvalue weighted by atomic mass is 10.3. The van der Waals surface area contributed by atoms with Crippen molar-refractivity contribution in [3.63, 3.8) is 0 Å². The number of aryl methyl sites for hydroxylation is 1. The fourth-order valence-corrected chi connectivity index (χ4v) is 1.23. The lowest BCUT2D eigenvalue weighted by molar-refractivity contribution is 0.489. The van der Waals surface area contributed by atoms with Crippen LogP contribution < -0.4 is 5.43 Å². The van der Waals surface area contributed by atoms with Crippen molar-refractivity contribution >= 4 is 11.6 Å². The zero-order valence-corrected chi connectivity index (χ0v) is 8.52. The third-order valence-corrected chi connectivity index (χ3v) is 1.80. The molecule has 5 heteroatoms. The molecule has 2 heterocycles. The highest BCUT2D eigenvalue weighted by molar-refractivity contribution is 5.43. The Morgan fingerprint density at radius 3 is 2.86 bits per heavy atom. The van der Waals surface area contributed by atoms with Crippen LogP contribution in [-0.4, -0.2) is 33.7 Å². The number of rotatable bonds is 2. The summed E-state index contributed by atoms with van der Waals surface area (Å²) in [7, 11) is 3.80. The number of hydrogen-bond acceptors (Lipinski definition) is 4. The van der Waals surface area contributed by atoms with Gasteiger partial charge in [-0.2, -0.15) is 4.98 Å². The van der Waals surface area contributed by atoms with Crippen molar-refractivity contribution in [2.75, 3.05) is 19.5 Å². The van der Waals surface area contributed by atoms with Gasteiger partial charge in [0, 0.05) is 20.3 Å². The minimum atomic E-state index is 0.612. The van der Waals surface area contributed by atoms with E-state index in [-0.39, 0.29) is 0 Å². The predicted molar refractivity (Wildman–Crippen MR) is 55.0 cm³/mol. The topological polar surface area (TPSA) is 45.5 Å². The molecule has 0 amide bonds. The van der Waals surface area contributed by atoms with Gasteiger partial charge in [-0.15, -0.1) is 5.10 Å². The summed E-state index contributed by atoms with van der Waals surface area (Å²) >= 11 is 0. The predicted octanol–water partition coefficient (Wildman–Crippen LogP) is 0.926. The maximum Gasteiger partial charge on any atom is 0.257 e. The fourth-order valence-electron chi connectivity index (χ4n) is 1.23. The third-order valence-electron chi connectivity index (χ3n) is 1.80. The molecule has 0 radical (unpaired) electrons. The van der Waals surface area contributed by atoms with Gasteiger partial charge in [-0.25, -0.2) is 9.52 Å². The molecule has 1 N–H and O–H groups in total. The smallest absolute Gasteiger partial charge is 0.257 e. The highest BCUT2D eigenvalue weighted by Gasteiger charge is 2.02. The first-order valence-corrected chi connectivity index (χ1v) is 4.42. The fraction of sp³-hybridized carbons (Fsp3) is 0.333. The second kappa shape index (κ2) is 3.26. The van der Waals surface area contributed by atoms with E-state index in [0.29, 0.717) is 5.95 Å². The van der Waals surface area contributed by atoms with Gasteiger partial charge in [0.25, 0.3) is 5.95 Å². The van der Waals surface area contributed by atoms with Crippen LogP contribution in [0, 0.1) is 6.92 Å². The van der Waals surface area contributed by atoms with Crippen molar-refractivity contribution in [1.29, 1.82) is 0 Å². The van der Waals surface area contributed by atoms with E-state index in [2.05, 4.69) is 15.5 Å². The third kappa shape index (κ3) is 1.67. The molecule has 0 saturated carbocycles.